The van der Waals surface area contributed by atoms with Crippen molar-refractivity contribution in [3.05, 3.63) is 83.9 Å². The van der Waals surface area contributed by atoms with E-state index in [0.717, 1.165) is 34.5 Å². The summed E-state index contributed by atoms with van der Waals surface area (Å²) in [5, 5.41) is 0. The molecule has 1 atom stereocenters. The number of hydrogen-bond donors (Lipinski definition) is 1. The topological polar surface area (TPSA) is 12.4 Å². The summed E-state index contributed by atoms with van der Waals surface area (Å²) in [4.78, 5) is 5.67. The maximum absolute atomic E-state index is 12.7. The van der Waals surface area contributed by atoms with Crippen LogP contribution in [0.1, 0.15) is 11.1 Å². The largest absolute Gasteiger partial charge is 0.416 e. The Balaban J connectivity index is 1.58. The number of rotatable bonds is 3. The lowest BCUT2D eigenvalue weighted by molar-refractivity contribution is -0.137. The molecule has 1 unspecified atom stereocenters. The van der Waals surface area contributed by atoms with Gasteiger partial charge in [0.15, 0.2) is 0 Å². The van der Waals surface area contributed by atoms with Gasteiger partial charge < -0.3 is 0 Å². The maximum Gasteiger partial charge on any atom is 0.416 e. The second-order valence-corrected chi connectivity index (χ2v) is 8.11. The fraction of sp³-hybridized carbons (Fsp3) is 0.0952. The molecule has 1 nitrogen and oxygen atoms in total. The lowest BCUT2D eigenvalue weighted by Gasteiger charge is -2.16. The van der Waals surface area contributed by atoms with Crippen LogP contribution in [0.3, 0.4) is 0 Å². The molecule has 1 aliphatic rings. The number of fused-ring (bicyclic) bond motifs is 1. The van der Waals surface area contributed by atoms with Crippen molar-refractivity contribution in [2.75, 3.05) is 0 Å². The van der Waals surface area contributed by atoms with Crippen LogP contribution in [-0.4, -0.2) is 5.55 Å². The predicted molar refractivity (Wildman–Crippen MR) is 102 cm³/mol. The van der Waals surface area contributed by atoms with Crippen molar-refractivity contribution in [2.45, 2.75) is 16.8 Å². The van der Waals surface area contributed by atoms with Crippen LogP contribution >= 0.6 is 10.9 Å². The van der Waals surface area contributed by atoms with Gasteiger partial charge in [-0.2, -0.15) is 24.1 Å². The predicted octanol–water partition coefficient (Wildman–Crippen LogP) is 6.61. The third kappa shape index (κ3) is 3.40. The molecule has 4 rings (SSSR count). The van der Waals surface area contributed by atoms with Crippen LogP contribution in [-0.2, 0) is 11.9 Å². The van der Waals surface area contributed by atoms with Crippen LogP contribution in [0, 0.1) is 0 Å². The van der Waals surface area contributed by atoms with Crippen LogP contribution in [0.2, 0.25) is 0 Å². The summed E-state index contributed by atoms with van der Waals surface area (Å²) in [6, 6.07) is 21.8. The molecule has 0 fully saturated rings. The number of nitrogens with zero attached hydrogens (tertiary/aromatic N) is 1. The molecule has 26 heavy (non-hydrogen) atoms. The number of hydrogen-bond acceptors (Lipinski definition) is 1. The SMILES string of the molecule is FC(F)(F)c1ccc(C[SH]2C=Nc3ccc(-c4ccccc4)cc32)cc1. The third-order valence-corrected chi connectivity index (χ3v) is 6.44. The van der Waals surface area contributed by atoms with E-state index in [2.05, 4.69) is 29.3 Å². The van der Waals surface area contributed by atoms with Crippen LogP contribution in [0.15, 0.2) is 82.7 Å². The van der Waals surface area contributed by atoms with Crippen LogP contribution in [0.4, 0.5) is 18.9 Å². The molecule has 0 N–H and O–H groups in total. The first-order chi connectivity index (χ1) is 12.5. The number of halogens is 3. The van der Waals surface area contributed by atoms with Crippen LogP contribution in [0.5, 0.6) is 0 Å². The molecule has 5 heteroatoms. The fourth-order valence-electron chi connectivity index (χ4n) is 2.99. The van der Waals surface area contributed by atoms with Gasteiger partial charge in [0.05, 0.1) is 11.3 Å². The molecule has 0 spiro atoms. The maximum atomic E-state index is 12.7. The highest BCUT2D eigenvalue weighted by atomic mass is 32.2. The van der Waals surface area contributed by atoms with Gasteiger partial charge in [0.2, 0.25) is 0 Å². The van der Waals surface area contributed by atoms with Gasteiger partial charge >= 0.3 is 6.18 Å². The average Bonchev–Trinajstić information content (AvgIpc) is 3.04. The van der Waals surface area contributed by atoms with Crippen molar-refractivity contribution in [1.29, 1.82) is 0 Å². The molecule has 0 amide bonds. The highest BCUT2D eigenvalue weighted by Gasteiger charge is 2.30. The minimum atomic E-state index is -4.30. The summed E-state index contributed by atoms with van der Waals surface area (Å²) in [5.74, 6) is 0.697. The van der Waals surface area contributed by atoms with E-state index < -0.39 is 22.6 Å². The van der Waals surface area contributed by atoms with Gasteiger partial charge in [-0.15, -0.1) is 0 Å². The molecule has 3 aromatic carbocycles. The van der Waals surface area contributed by atoms with Gasteiger partial charge in [0.25, 0.3) is 0 Å². The van der Waals surface area contributed by atoms with Crippen LogP contribution in [0.25, 0.3) is 11.1 Å². The van der Waals surface area contributed by atoms with E-state index in [1.165, 1.54) is 4.90 Å². The summed E-state index contributed by atoms with van der Waals surface area (Å²) in [7, 11) is -0.654. The van der Waals surface area contributed by atoms with Crippen molar-refractivity contribution < 1.29 is 13.2 Å². The highest BCUT2D eigenvalue weighted by Crippen LogP contribution is 2.49. The zero-order chi connectivity index (χ0) is 18.1. The fourth-order valence-corrected chi connectivity index (χ4v) is 4.96. The monoisotopic (exact) mass is 371 g/mol. The molecular weight excluding hydrogens is 355 g/mol. The Labute approximate surface area is 152 Å². The first-order valence-electron chi connectivity index (χ1n) is 8.17. The van der Waals surface area contributed by atoms with E-state index in [4.69, 9.17) is 0 Å². The number of aliphatic imine (C=N–C) groups is 1. The van der Waals surface area contributed by atoms with Gasteiger partial charge in [0, 0.05) is 16.2 Å². The van der Waals surface area contributed by atoms with E-state index >= 15 is 0 Å². The van der Waals surface area contributed by atoms with Crippen LogP contribution < -0.4 is 0 Å². The Morgan fingerprint density at radius 3 is 2.23 bits per heavy atom. The lowest BCUT2D eigenvalue weighted by atomic mass is 10.1. The number of alkyl halides is 3. The van der Waals surface area contributed by atoms with E-state index in [9.17, 15) is 13.2 Å². The molecule has 1 aliphatic heterocycles. The van der Waals surface area contributed by atoms with Gasteiger partial charge in [0.1, 0.15) is 0 Å². The van der Waals surface area contributed by atoms with Gasteiger partial charge in [-0.25, -0.2) is 0 Å². The van der Waals surface area contributed by atoms with E-state index in [1.54, 1.807) is 12.1 Å². The molecule has 132 valence electrons. The summed E-state index contributed by atoms with van der Waals surface area (Å²) in [5.41, 5.74) is 5.48. The summed E-state index contributed by atoms with van der Waals surface area (Å²) < 4.78 is 38.1. The van der Waals surface area contributed by atoms with Crippen molar-refractivity contribution >= 4 is 22.1 Å². The van der Waals surface area contributed by atoms with Gasteiger partial charge in [-0.05, 0) is 41.0 Å². The zero-order valence-corrected chi connectivity index (χ0v) is 14.6. The minimum Gasteiger partial charge on any atom is -0.250 e. The first kappa shape index (κ1) is 16.9. The Bertz CT molecular complexity index is 947. The smallest absolute Gasteiger partial charge is 0.250 e. The molecule has 1 heterocycles. The van der Waals surface area contributed by atoms with Crippen molar-refractivity contribution in [3.8, 4) is 11.1 Å². The van der Waals surface area contributed by atoms with Crippen molar-refractivity contribution in [3.63, 3.8) is 0 Å². The Morgan fingerprint density at radius 2 is 1.54 bits per heavy atom. The zero-order valence-electron chi connectivity index (χ0n) is 13.7. The normalized spacial score (nSPS) is 17.3. The number of benzene rings is 3. The first-order valence-corrected chi connectivity index (χ1v) is 9.77. The second kappa shape index (κ2) is 6.65. The summed E-state index contributed by atoms with van der Waals surface area (Å²) >= 11 is 0. The van der Waals surface area contributed by atoms with Crippen molar-refractivity contribution in [1.82, 2.24) is 0 Å². The third-order valence-electron chi connectivity index (χ3n) is 4.36. The lowest BCUT2D eigenvalue weighted by Crippen LogP contribution is -2.04. The molecule has 0 aromatic heterocycles. The highest BCUT2D eigenvalue weighted by molar-refractivity contribution is 8.28. The molecule has 3 aromatic rings. The standard InChI is InChI=1S/C21H16F3NS/c22-21(23,24)18-9-6-15(7-10-18)13-26-14-25-19-11-8-17(12-20(19)26)16-4-2-1-3-5-16/h1-12,14,26H,13H2. The van der Waals surface area contributed by atoms with Crippen molar-refractivity contribution in [2.24, 2.45) is 4.99 Å². The number of thiol groups is 1. The van der Waals surface area contributed by atoms with E-state index in [1.807, 2.05) is 29.8 Å². The summed E-state index contributed by atoms with van der Waals surface area (Å²) in [6.07, 6.45) is -4.30. The quantitative estimate of drug-likeness (QED) is 0.498. The minimum absolute atomic E-state index is 0.610. The Morgan fingerprint density at radius 1 is 0.808 bits per heavy atom. The molecule has 0 saturated carbocycles. The molecule has 0 saturated heterocycles. The molecular formula is C21H16F3NS. The second-order valence-electron chi connectivity index (χ2n) is 6.14. The molecule has 0 bridgehead atoms. The van der Waals surface area contributed by atoms with E-state index in [-0.39, 0.29) is 0 Å². The Hall–Kier alpha value is -2.53. The van der Waals surface area contributed by atoms with Gasteiger partial charge in [-0.3, -0.25) is 4.99 Å². The van der Waals surface area contributed by atoms with E-state index in [0.29, 0.717) is 5.75 Å². The molecule has 0 radical (unpaired) electrons. The Kier molecular flexibility index (Phi) is 4.32. The van der Waals surface area contributed by atoms with Gasteiger partial charge in [-0.1, -0.05) is 48.5 Å². The molecule has 0 aliphatic carbocycles. The summed E-state index contributed by atoms with van der Waals surface area (Å²) in [6.45, 7) is 0. The average molecular weight is 371 g/mol.